The maximum atomic E-state index is 5.70. The van der Waals surface area contributed by atoms with Gasteiger partial charge in [0.2, 0.25) is 0 Å². The fraction of sp³-hybridized carbons (Fsp3) is 0.471. The van der Waals surface area contributed by atoms with E-state index in [0.717, 1.165) is 36.7 Å². The van der Waals surface area contributed by atoms with Crippen LogP contribution in [0.2, 0.25) is 0 Å². The zero-order valence-corrected chi connectivity index (χ0v) is 13.5. The highest BCUT2D eigenvalue weighted by atomic mass is 16.6. The van der Waals surface area contributed by atoms with Crippen molar-refractivity contribution in [1.82, 2.24) is 20.3 Å². The molecule has 0 radical (unpaired) electrons. The van der Waals surface area contributed by atoms with Crippen molar-refractivity contribution in [2.75, 3.05) is 38.2 Å². The molecule has 2 aliphatic heterocycles. The van der Waals surface area contributed by atoms with Gasteiger partial charge >= 0.3 is 0 Å². The number of rotatable bonds is 4. The van der Waals surface area contributed by atoms with Crippen LogP contribution in [0.15, 0.2) is 24.4 Å². The van der Waals surface area contributed by atoms with E-state index in [1.165, 1.54) is 5.56 Å². The Morgan fingerprint density at radius 1 is 1.25 bits per heavy atom. The summed E-state index contributed by atoms with van der Waals surface area (Å²) >= 11 is 0. The van der Waals surface area contributed by atoms with E-state index >= 15 is 0 Å². The third-order valence-electron chi connectivity index (χ3n) is 4.21. The minimum atomic E-state index is 0.0596. The van der Waals surface area contributed by atoms with Crippen LogP contribution in [0.1, 0.15) is 11.3 Å². The Labute approximate surface area is 140 Å². The van der Waals surface area contributed by atoms with Gasteiger partial charge in [-0.25, -0.2) is 9.97 Å². The summed E-state index contributed by atoms with van der Waals surface area (Å²) in [7, 11) is 0. The van der Waals surface area contributed by atoms with E-state index in [4.69, 9.17) is 19.4 Å². The highest BCUT2D eigenvalue weighted by molar-refractivity contribution is 5.57. The molecule has 2 aromatic heterocycles. The molecule has 7 nitrogen and oxygen atoms in total. The predicted molar refractivity (Wildman–Crippen MR) is 89.7 cm³/mol. The highest BCUT2D eigenvalue weighted by Gasteiger charge is 2.20. The van der Waals surface area contributed by atoms with E-state index in [0.29, 0.717) is 32.2 Å². The molecule has 1 atom stereocenters. The second kappa shape index (κ2) is 7.21. The molecule has 0 amide bonds. The van der Waals surface area contributed by atoms with Crippen molar-refractivity contribution in [1.29, 1.82) is 0 Å². The standard InChI is InChI=1S/C17H21N5O2/c1-2-5-19-14(3-1)17-21-15-10-18-6-4-13(15)16(22-17)20-9-12-11-23-7-8-24-12/h1-3,5,12,18H,4,6-11H2,(H,20,21,22)/t12-/m1/s1. The molecule has 0 bridgehead atoms. The van der Waals surface area contributed by atoms with E-state index < -0.39 is 0 Å². The lowest BCUT2D eigenvalue weighted by Crippen LogP contribution is -2.35. The molecule has 2 N–H and O–H groups in total. The zero-order chi connectivity index (χ0) is 16.2. The Balaban J connectivity index is 1.61. The SMILES string of the molecule is c1ccc(-c2nc3c(c(NC[C@@H]4COCCO4)n2)CCNC3)nc1. The van der Waals surface area contributed by atoms with E-state index in [2.05, 4.69) is 15.6 Å². The summed E-state index contributed by atoms with van der Waals surface area (Å²) in [6.45, 7) is 4.33. The topological polar surface area (TPSA) is 81.2 Å². The fourth-order valence-corrected chi connectivity index (χ4v) is 2.98. The van der Waals surface area contributed by atoms with Gasteiger partial charge in [0.1, 0.15) is 11.5 Å². The van der Waals surface area contributed by atoms with Crippen LogP contribution in [0.5, 0.6) is 0 Å². The Morgan fingerprint density at radius 2 is 2.25 bits per heavy atom. The summed E-state index contributed by atoms with van der Waals surface area (Å²) in [4.78, 5) is 13.8. The predicted octanol–water partition coefficient (Wildman–Crippen LogP) is 1.01. The Morgan fingerprint density at radius 3 is 3.08 bits per heavy atom. The smallest absolute Gasteiger partial charge is 0.180 e. The number of hydrogen-bond acceptors (Lipinski definition) is 7. The van der Waals surface area contributed by atoms with Crippen LogP contribution in [-0.4, -0.2) is 54.0 Å². The second-order valence-corrected chi connectivity index (χ2v) is 5.91. The first-order chi connectivity index (χ1) is 11.9. The molecule has 0 spiro atoms. The third-order valence-corrected chi connectivity index (χ3v) is 4.21. The van der Waals surface area contributed by atoms with Crippen molar-refractivity contribution in [3.8, 4) is 11.5 Å². The van der Waals surface area contributed by atoms with Gasteiger partial charge in [0, 0.05) is 24.8 Å². The molecule has 0 aliphatic carbocycles. The average molecular weight is 327 g/mol. The van der Waals surface area contributed by atoms with E-state index in [9.17, 15) is 0 Å². The van der Waals surface area contributed by atoms with E-state index in [1.807, 2.05) is 18.2 Å². The van der Waals surface area contributed by atoms with Crippen LogP contribution in [0.3, 0.4) is 0 Å². The Bertz CT molecular complexity index is 689. The molecule has 2 aliphatic rings. The first-order valence-electron chi connectivity index (χ1n) is 8.35. The molecule has 4 heterocycles. The number of nitrogens with zero attached hydrogens (tertiary/aromatic N) is 3. The molecule has 126 valence electrons. The minimum absolute atomic E-state index is 0.0596. The van der Waals surface area contributed by atoms with Crippen molar-refractivity contribution in [2.24, 2.45) is 0 Å². The van der Waals surface area contributed by atoms with Crippen molar-refractivity contribution in [3.05, 3.63) is 35.7 Å². The molecular formula is C17H21N5O2. The number of fused-ring (bicyclic) bond motifs is 1. The third kappa shape index (κ3) is 3.38. The largest absolute Gasteiger partial charge is 0.376 e. The summed E-state index contributed by atoms with van der Waals surface area (Å²) < 4.78 is 11.2. The lowest BCUT2D eigenvalue weighted by atomic mass is 10.1. The van der Waals surface area contributed by atoms with Gasteiger partial charge in [0.05, 0.1) is 31.6 Å². The zero-order valence-electron chi connectivity index (χ0n) is 13.5. The summed E-state index contributed by atoms with van der Waals surface area (Å²) in [6, 6.07) is 5.77. The summed E-state index contributed by atoms with van der Waals surface area (Å²) in [5.74, 6) is 1.54. The van der Waals surface area contributed by atoms with E-state index in [-0.39, 0.29) is 6.10 Å². The quantitative estimate of drug-likeness (QED) is 0.867. The molecule has 2 aromatic rings. The monoisotopic (exact) mass is 327 g/mol. The van der Waals surface area contributed by atoms with E-state index in [1.54, 1.807) is 6.20 Å². The first kappa shape index (κ1) is 15.4. The number of hydrogen-bond donors (Lipinski definition) is 2. The number of aromatic nitrogens is 3. The minimum Gasteiger partial charge on any atom is -0.376 e. The van der Waals surface area contributed by atoms with Crippen LogP contribution in [0.4, 0.5) is 5.82 Å². The van der Waals surface area contributed by atoms with Gasteiger partial charge in [-0.15, -0.1) is 0 Å². The van der Waals surface area contributed by atoms with Gasteiger partial charge < -0.3 is 20.1 Å². The molecule has 1 saturated heterocycles. The number of anilines is 1. The highest BCUT2D eigenvalue weighted by Crippen LogP contribution is 2.24. The van der Waals surface area contributed by atoms with Gasteiger partial charge in [-0.3, -0.25) is 4.98 Å². The van der Waals surface area contributed by atoms with Crippen LogP contribution >= 0.6 is 0 Å². The van der Waals surface area contributed by atoms with Crippen molar-refractivity contribution >= 4 is 5.82 Å². The summed E-state index contributed by atoms with van der Waals surface area (Å²) in [5.41, 5.74) is 3.01. The van der Waals surface area contributed by atoms with Crippen LogP contribution < -0.4 is 10.6 Å². The van der Waals surface area contributed by atoms with Gasteiger partial charge in [-0.2, -0.15) is 0 Å². The lowest BCUT2D eigenvalue weighted by molar-refractivity contribution is -0.0819. The maximum Gasteiger partial charge on any atom is 0.180 e. The molecule has 1 fully saturated rings. The molecular weight excluding hydrogens is 306 g/mol. The number of pyridine rings is 1. The summed E-state index contributed by atoms with van der Waals surface area (Å²) in [5, 5.41) is 6.81. The van der Waals surface area contributed by atoms with Gasteiger partial charge in [0.15, 0.2) is 5.82 Å². The first-order valence-corrected chi connectivity index (χ1v) is 8.35. The van der Waals surface area contributed by atoms with Gasteiger partial charge in [-0.05, 0) is 25.1 Å². The molecule has 0 aromatic carbocycles. The molecule has 4 rings (SSSR count). The molecule has 0 unspecified atom stereocenters. The Hall–Kier alpha value is -2.09. The van der Waals surface area contributed by atoms with Crippen LogP contribution in [0, 0.1) is 0 Å². The van der Waals surface area contributed by atoms with Crippen molar-refractivity contribution in [2.45, 2.75) is 19.1 Å². The maximum absolute atomic E-state index is 5.70. The van der Waals surface area contributed by atoms with Gasteiger partial charge in [-0.1, -0.05) is 6.07 Å². The van der Waals surface area contributed by atoms with Crippen LogP contribution in [0.25, 0.3) is 11.5 Å². The van der Waals surface area contributed by atoms with Crippen LogP contribution in [-0.2, 0) is 22.4 Å². The number of ether oxygens (including phenoxy) is 2. The number of nitrogens with one attached hydrogen (secondary N) is 2. The normalized spacial score (nSPS) is 20.4. The lowest BCUT2D eigenvalue weighted by Gasteiger charge is -2.25. The fourth-order valence-electron chi connectivity index (χ4n) is 2.98. The van der Waals surface area contributed by atoms with Gasteiger partial charge in [0.25, 0.3) is 0 Å². The average Bonchev–Trinajstić information content (AvgIpc) is 2.67. The van der Waals surface area contributed by atoms with Crippen molar-refractivity contribution < 1.29 is 9.47 Å². The van der Waals surface area contributed by atoms with Crippen molar-refractivity contribution in [3.63, 3.8) is 0 Å². The summed E-state index contributed by atoms with van der Waals surface area (Å²) in [6.07, 6.45) is 2.74. The molecule has 0 saturated carbocycles. The molecule has 24 heavy (non-hydrogen) atoms. The molecule has 7 heteroatoms. The second-order valence-electron chi connectivity index (χ2n) is 5.91. The Kier molecular flexibility index (Phi) is 4.64.